The summed E-state index contributed by atoms with van der Waals surface area (Å²) in [7, 11) is 1.67. The van der Waals surface area contributed by atoms with Gasteiger partial charge >= 0.3 is 0 Å². The average molecular weight is 280 g/mol. The molecule has 2 heterocycles. The Morgan fingerprint density at radius 1 is 1.14 bits per heavy atom. The van der Waals surface area contributed by atoms with Crippen molar-refractivity contribution in [1.29, 1.82) is 0 Å². The minimum Gasteiger partial charge on any atom is -0.495 e. The standard InChI is InChI=1S/C16H16N4O/c1-12-3-4-15(21-2)14(9-12)20-11-18-19-16(20)10-13-5-7-17-8-6-13/h3-9,11H,10H2,1-2H3. The molecular formula is C16H16N4O. The molecule has 0 aliphatic heterocycles. The van der Waals surface area contributed by atoms with Gasteiger partial charge in [0, 0.05) is 18.8 Å². The molecule has 3 rings (SSSR count). The number of hydrogen-bond donors (Lipinski definition) is 0. The molecule has 0 atom stereocenters. The minimum absolute atomic E-state index is 0.694. The molecule has 0 saturated carbocycles. The fourth-order valence-corrected chi connectivity index (χ4v) is 2.25. The quantitative estimate of drug-likeness (QED) is 0.737. The molecule has 0 fully saturated rings. The van der Waals surface area contributed by atoms with Crippen molar-refractivity contribution in [1.82, 2.24) is 19.7 Å². The Hall–Kier alpha value is -2.69. The van der Waals surface area contributed by atoms with Gasteiger partial charge in [-0.2, -0.15) is 0 Å². The Morgan fingerprint density at radius 3 is 2.71 bits per heavy atom. The van der Waals surface area contributed by atoms with E-state index in [-0.39, 0.29) is 0 Å². The van der Waals surface area contributed by atoms with E-state index in [1.807, 2.05) is 28.8 Å². The van der Waals surface area contributed by atoms with E-state index in [2.05, 4.69) is 28.2 Å². The largest absolute Gasteiger partial charge is 0.495 e. The zero-order chi connectivity index (χ0) is 14.7. The highest BCUT2D eigenvalue weighted by Gasteiger charge is 2.11. The van der Waals surface area contributed by atoms with E-state index < -0.39 is 0 Å². The van der Waals surface area contributed by atoms with Crippen LogP contribution in [0.1, 0.15) is 17.0 Å². The van der Waals surface area contributed by atoms with Crippen molar-refractivity contribution in [3.63, 3.8) is 0 Å². The fraction of sp³-hybridized carbons (Fsp3) is 0.188. The third kappa shape index (κ3) is 2.76. The molecule has 0 unspecified atom stereocenters. The molecule has 3 aromatic rings. The molecule has 0 aliphatic rings. The number of ether oxygens (including phenoxy) is 1. The van der Waals surface area contributed by atoms with Crippen LogP contribution in [0, 0.1) is 6.92 Å². The zero-order valence-corrected chi connectivity index (χ0v) is 12.0. The molecule has 5 heteroatoms. The van der Waals surface area contributed by atoms with Gasteiger partial charge in [-0.15, -0.1) is 10.2 Å². The number of hydrogen-bond acceptors (Lipinski definition) is 4. The first-order chi connectivity index (χ1) is 10.3. The predicted molar refractivity (Wildman–Crippen MR) is 79.7 cm³/mol. The smallest absolute Gasteiger partial charge is 0.142 e. The third-order valence-corrected chi connectivity index (χ3v) is 3.32. The van der Waals surface area contributed by atoms with E-state index in [1.54, 1.807) is 25.8 Å². The van der Waals surface area contributed by atoms with Crippen LogP contribution in [0.4, 0.5) is 0 Å². The Kier molecular flexibility index (Phi) is 3.64. The van der Waals surface area contributed by atoms with Crippen LogP contribution in [0.2, 0.25) is 0 Å². The minimum atomic E-state index is 0.694. The Labute approximate surface area is 123 Å². The molecule has 0 spiro atoms. The highest BCUT2D eigenvalue weighted by atomic mass is 16.5. The summed E-state index contributed by atoms with van der Waals surface area (Å²) in [5.74, 6) is 1.67. The first-order valence-corrected chi connectivity index (χ1v) is 6.71. The zero-order valence-electron chi connectivity index (χ0n) is 12.0. The van der Waals surface area contributed by atoms with E-state index in [0.29, 0.717) is 6.42 Å². The number of benzene rings is 1. The highest BCUT2D eigenvalue weighted by Crippen LogP contribution is 2.25. The summed E-state index contributed by atoms with van der Waals surface area (Å²) in [6.45, 7) is 2.05. The Balaban J connectivity index is 2.01. The monoisotopic (exact) mass is 280 g/mol. The number of aromatic nitrogens is 4. The lowest BCUT2D eigenvalue weighted by molar-refractivity contribution is 0.412. The molecule has 0 saturated heterocycles. The maximum atomic E-state index is 5.44. The van der Waals surface area contributed by atoms with Crippen LogP contribution >= 0.6 is 0 Å². The van der Waals surface area contributed by atoms with Crippen LogP contribution in [0.15, 0.2) is 49.1 Å². The maximum Gasteiger partial charge on any atom is 0.142 e. The number of pyridine rings is 1. The van der Waals surface area contributed by atoms with E-state index >= 15 is 0 Å². The molecule has 0 N–H and O–H groups in total. The lowest BCUT2D eigenvalue weighted by atomic mass is 10.1. The van der Waals surface area contributed by atoms with Gasteiger partial charge in [0.15, 0.2) is 0 Å². The van der Waals surface area contributed by atoms with Crippen LogP contribution in [-0.4, -0.2) is 26.9 Å². The van der Waals surface area contributed by atoms with E-state index in [1.165, 1.54) is 0 Å². The second-order valence-corrected chi connectivity index (χ2v) is 4.82. The van der Waals surface area contributed by atoms with Gasteiger partial charge in [0.1, 0.15) is 17.9 Å². The second kappa shape index (κ2) is 5.75. The van der Waals surface area contributed by atoms with Gasteiger partial charge in [-0.3, -0.25) is 9.55 Å². The first-order valence-electron chi connectivity index (χ1n) is 6.71. The van der Waals surface area contributed by atoms with Gasteiger partial charge in [0.25, 0.3) is 0 Å². The Morgan fingerprint density at radius 2 is 1.95 bits per heavy atom. The van der Waals surface area contributed by atoms with Gasteiger partial charge in [0.2, 0.25) is 0 Å². The molecule has 0 amide bonds. The molecule has 0 aliphatic carbocycles. The van der Waals surface area contributed by atoms with Gasteiger partial charge < -0.3 is 4.74 Å². The summed E-state index contributed by atoms with van der Waals surface area (Å²) < 4.78 is 7.41. The van der Waals surface area contributed by atoms with Gasteiger partial charge in [-0.1, -0.05) is 6.07 Å². The van der Waals surface area contributed by atoms with Gasteiger partial charge in [-0.25, -0.2) is 0 Å². The van der Waals surface area contributed by atoms with Gasteiger partial charge in [0.05, 0.1) is 12.8 Å². The number of rotatable bonds is 4. The summed E-state index contributed by atoms with van der Waals surface area (Å²) in [4.78, 5) is 4.03. The number of aryl methyl sites for hydroxylation is 1. The van der Waals surface area contributed by atoms with Crippen LogP contribution in [0.5, 0.6) is 5.75 Å². The summed E-state index contributed by atoms with van der Waals surface area (Å²) in [6.07, 6.45) is 5.97. The van der Waals surface area contributed by atoms with E-state index in [0.717, 1.165) is 28.4 Å². The summed E-state index contributed by atoms with van der Waals surface area (Å²) in [5.41, 5.74) is 3.26. The van der Waals surface area contributed by atoms with Crippen molar-refractivity contribution in [2.45, 2.75) is 13.3 Å². The third-order valence-electron chi connectivity index (χ3n) is 3.32. The average Bonchev–Trinajstić information content (AvgIpc) is 2.96. The number of methoxy groups -OCH3 is 1. The maximum absolute atomic E-state index is 5.44. The molecule has 106 valence electrons. The predicted octanol–water partition coefficient (Wildman–Crippen LogP) is 2.57. The summed E-state index contributed by atoms with van der Waals surface area (Å²) in [6, 6.07) is 10.0. The van der Waals surface area contributed by atoms with E-state index in [9.17, 15) is 0 Å². The van der Waals surface area contributed by atoms with Crippen molar-refractivity contribution in [3.8, 4) is 11.4 Å². The van der Waals surface area contributed by atoms with Crippen molar-refractivity contribution < 1.29 is 4.74 Å². The van der Waals surface area contributed by atoms with Crippen LogP contribution in [-0.2, 0) is 6.42 Å². The van der Waals surface area contributed by atoms with Crippen LogP contribution in [0.25, 0.3) is 5.69 Å². The molecule has 2 aromatic heterocycles. The van der Waals surface area contributed by atoms with Crippen LogP contribution < -0.4 is 4.74 Å². The lowest BCUT2D eigenvalue weighted by Gasteiger charge is -2.12. The van der Waals surface area contributed by atoms with Crippen LogP contribution in [0.3, 0.4) is 0 Å². The molecule has 5 nitrogen and oxygen atoms in total. The molecule has 0 radical (unpaired) electrons. The van der Waals surface area contributed by atoms with Gasteiger partial charge in [-0.05, 0) is 42.3 Å². The van der Waals surface area contributed by atoms with Crippen molar-refractivity contribution >= 4 is 0 Å². The second-order valence-electron chi connectivity index (χ2n) is 4.82. The fourth-order valence-electron chi connectivity index (χ4n) is 2.25. The van der Waals surface area contributed by atoms with E-state index in [4.69, 9.17) is 4.74 Å². The molecule has 1 aromatic carbocycles. The van der Waals surface area contributed by atoms with Crippen molar-refractivity contribution in [2.24, 2.45) is 0 Å². The van der Waals surface area contributed by atoms with Crippen molar-refractivity contribution in [2.75, 3.05) is 7.11 Å². The SMILES string of the molecule is COc1ccc(C)cc1-n1cnnc1Cc1ccncc1. The summed E-state index contributed by atoms with van der Waals surface area (Å²) >= 11 is 0. The molecule has 0 bridgehead atoms. The molecular weight excluding hydrogens is 264 g/mol. The topological polar surface area (TPSA) is 52.8 Å². The normalized spacial score (nSPS) is 10.6. The van der Waals surface area contributed by atoms with Crippen molar-refractivity contribution in [3.05, 3.63) is 66.0 Å². The highest BCUT2D eigenvalue weighted by molar-refractivity contribution is 5.49. The first kappa shape index (κ1) is 13.3. The lowest BCUT2D eigenvalue weighted by Crippen LogP contribution is -2.04. The summed E-state index contributed by atoms with van der Waals surface area (Å²) in [5, 5.41) is 8.27. The number of nitrogens with zero attached hydrogens (tertiary/aromatic N) is 4. The Bertz CT molecular complexity index is 737. The molecule has 21 heavy (non-hydrogen) atoms.